The van der Waals surface area contributed by atoms with Gasteiger partial charge in [0.2, 0.25) is 88.6 Å². The molecular weight excluding hydrogens is 1710 g/mol. The van der Waals surface area contributed by atoms with E-state index in [1.165, 1.54) is 76.7 Å². The number of likely N-dealkylation sites (N-methyl/N-ethyl adjacent to an activating group) is 5. The Morgan fingerprint density at radius 3 is 1.42 bits per heavy atom. The third-order valence-corrected chi connectivity index (χ3v) is 23.1. The Morgan fingerprint density at radius 2 is 0.878 bits per heavy atom. The summed E-state index contributed by atoms with van der Waals surface area (Å²) in [6, 6.07) is 25.6. The third-order valence-electron chi connectivity index (χ3n) is 22.1. The standard InChI is InChI=1S/C93H116N16O21S/c1-9-10-30-74-92(129)106(5)52-79(114)98-70(48-82(118)119)87(124)100-66(39-40-81(116)117)90(127)108(7)75(45-57-24-16-12-17-25-57)88(125)103-71(44-60-33-37-63(111)38-34-60)89(126)105(4)51-78(113)97-69(47-61-49-95-65-29-21-20-28-64(61)65)86(123)102-68(42-59-31-35-62(110)36-32-59)85(122)101-67(41-55(2)3)84(121)104-73(83(120)96-50-77(94)112)53-131-54-80(115)99-72(43-56-22-14-11-15-23-56)91(128)109(8)76(93(130)107(74)6)46-58-26-18-13-19-27-58/h11-29,31-38,49,55,66-76,95,110-111H,9-10,30,39-48,50-54H2,1-8H3,(H2,94,112)(H,96,120)(H,97,113)(H,98,114)(H,99,115)(H,100,124)(H,101,122)(H,102,123)(H,103,125)(H,104,121)(H,116,117)(H,118,119)/t66-,67-,68?,69-,70-,71-,72-,73-,74-,75-,76-/m0/s1. The molecule has 1 fully saturated rings. The maximum atomic E-state index is 15.5. The molecule has 8 rings (SSSR count). The van der Waals surface area contributed by atoms with Crippen LogP contribution in [0.3, 0.4) is 0 Å². The molecule has 6 aromatic carbocycles. The molecule has 1 saturated heterocycles. The van der Waals surface area contributed by atoms with Crippen molar-refractivity contribution in [2.75, 3.05) is 66.4 Å². The number of aliphatic carboxylic acids is 2. The van der Waals surface area contributed by atoms with Gasteiger partial charge in [-0.05, 0) is 88.9 Å². The summed E-state index contributed by atoms with van der Waals surface area (Å²) in [4.78, 5) is 255. The lowest BCUT2D eigenvalue weighted by molar-refractivity contribution is -0.151. The number of carboxylic acids is 2. The summed E-state index contributed by atoms with van der Waals surface area (Å²) in [7, 11) is 6.26. The van der Waals surface area contributed by atoms with E-state index in [1.807, 2.05) is 6.92 Å². The third kappa shape index (κ3) is 31.6. The van der Waals surface area contributed by atoms with Crippen LogP contribution in [-0.4, -0.2) is 283 Å². The summed E-state index contributed by atoms with van der Waals surface area (Å²) in [5.41, 5.74) is 8.86. The monoisotopic (exact) mass is 1820 g/mol. The molecule has 131 heavy (non-hydrogen) atoms. The number of carbonyl (C=O) groups is 17. The van der Waals surface area contributed by atoms with Gasteiger partial charge in [0.25, 0.3) is 0 Å². The van der Waals surface area contributed by atoms with E-state index in [1.54, 1.807) is 135 Å². The zero-order valence-corrected chi connectivity index (χ0v) is 75.1. The van der Waals surface area contributed by atoms with Crippen LogP contribution in [0.4, 0.5) is 0 Å². The molecule has 1 unspecified atom stereocenters. The summed E-state index contributed by atoms with van der Waals surface area (Å²) in [6.07, 6.45) is -1.94. The highest BCUT2D eigenvalue weighted by molar-refractivity contribution is 8.00. The molecule has 15 amide bonds. The number of amides is 15. The zero-order chi connectivity index (χ0) is 95.7. The number of aromatic amines is 1. The van der Waals surface area contributed by atoms with Crippen LogP contribution in [0.5, 0.6) is 11.5 Å². The molecule has 11 atom stereocenters. The molecule has 700 valence electrons. The number of phenols is 2. The minimum Gasteiger partial charge on any atom is -0.508 e. The number of hydrogen-bond donors (Lipinski definition) is 15. The number of nitrogens with zero attached hydrogens (tertiary/aromatic N) is 5. The highest BCUT2D eigenvalue weighted by atomic mass is 32.2. The van der Waals surface area contributed by atoms with Crippen LogP contribution in [0, 0.1) is 5.92 Å². The number of thioether (sulfide) groups is 1. The van der Waals surface area contributed by atoms with Gasteiger partial charge in [0.1, 0.15) is 78.0 Å². The second-order valence-electron chi connectivity index (χ2n) is 32.8. The van der Waals surface area contributed by atoms with Crippen molar-refractivity contribution in [2.45, 2.75) is 171 Å². The number of nitrogens with two attached hydrogens (primary N) is 1. The van der Waals surface area contributed by atoms with Crippen molar-refractivity contribution in [1.82, 2.24) is 77.3 Å². The Morgan fingerprint density at radius 1 is 0.443 bits per heavy atom. The summed E-state index contributed by atoms with van der Waals surface area (Å²) in [5.74, 6) is -19.2. The Labute approximate surface area is 762 Å². The number of aromatic nitrogens is 1. The predicted molar refractivity (Wildman–Crippen MR) is 484 cm³/mol. The van der Waals surface area contributed by atoms with Gasteiger partial charge in [-0.3, -0.25) is 81.5 Å². The Balaban J connectivity index is 1.22. The molecule has 0 spiro atoms. The first-order valence-corrected chi connectivity index (χ1v) is 44.0. The fourth-order valence-corrected chi connectivity index (χ4v) is 15.9. The zero-order valence-electron chi connectivity index (χ0n) is 74.3. The number of unbranched alkanes of at least 4 members (excludes halogenated alkanes) is 1. The van der Waals surface area contributed by atoms with Crippen LogP contribution < -0.4 is 53.6 Å². The van der Waals surface area contributed by atoms with Gasteiger partial charge in [0, 0.05) is 103 Å². The van der Waals surface area contributed by atoms with Gasteiger partial charge in [0.15, 0.2) is 0 Å². The predicted octanol–water partition coefficient (Wildman–Crippen LogP) is 1.54. The number of phenolic OH excluding ortho intramolecular Hbond substituents is 2. The number of carboxylic acid groups (broad SMARTS) is 2. The van der Waals surface area contributed by atoms with Crippen molar-refractivity contribution >= 4 is 123 Å². The highest BCUT2D eigenvalue weighted by Gasteiger charge is 2.42. The van der Waals surface area contributed by atoms with E-state index < -0.39 is 217 Å². The maximum absolute atomic E-state index is 15.5. The molecule has 16 N–H and O–H groups in total. The topological polar surface area (TPSA) is 537 Å². The minimum atomic E-state index is -2.05. The van der Waals surface area contributed by atoms with Crippen molar-refractivity contribution in [1.29, 1.82) is 0 Å². The lowest BCUT2D eigenvalue weighted by atomic mass is 9.99. The molecule has 37 nitrogen and oxygen atoms in total. The number of hydrogen-bond acceptors (Lipinski definition) is 20. The second kappa shape index (κ2) is 49.9. The smallest absolute Gasteiger partial charge is 0.305 e. The minimum absolute atomic E-state index is 0.0106. The van der Waals surface area contributed by atoms with Gasteiger partial charge in [-0.25, -0.2) is 0 Å². The number of para-hydroxylation sites is 1. The Hall–Kier alpha value is -14.2. The molecule has 38 heteroatoms. The molecule has 0 aliphatic carbocycles. The molecular formula is C93H116N16O21S. The van der Waals surface area contributed by atoms with Gasteiger partial charge < -0.3 is 103 Å². The lowest BCUT2D eigenvalue weighted by Crippen LogP contribution is -2.60. The summed E-state index contributed by atoms with van der Waals surface area (Å²) < 4.78 is 0. The van der Waals surface area contributed by atoms with Crippen LogP contribution in [0.2, 0.25) is 0 Å². The fraction of sp³-hybridized carbons (Fsp3) is 0.409. The van der Waals surface area contributed by atoms with Gasteiger partial charge in [-0.15, -0.1) is 11.8 Å². The maximum Gasteiger partial charge on any atom is 0.305 e. The number of carbonyl (C=O) groups excluding carboxylic acids is 15. The van der Waals surface area contributed by atoms with E-state index >= 15 is 38.4 Å². The average Bonchev–Trinajstić information content (AvgIpc) is 1.57. The first-order valence-electron chi connectivity index (χ1n) is 42.9. The van der Waals surface area contributed by atoms with Gasteiger partial charge in [-0.2, -0.15) is 0 Å². The number of primary amides is 1. The number of nitrogens with one attached hydrogen (secondary N) is 10. The summed E-state index contributed by atoms with van der Waals surface area (Å²) in [5, 5.41) is 65.1. The SMILES string of the molecule is CCCC[C@H]1C(=O)N(C)CC(=O)N[C@@H](CC(=O)O)C(=O)N[C@@H](CCC(=O)O)C(=O)N(C)[C@@H](Cc2ccccc2)C(=O)N[C@@H](Cc2ccc(O)cc2)C(=O)N(C)CC(=O)N[C@@H](Cc2c[nH]c3ccccc23)C(=O)NC(Cc2ccc(O)cc2)C(=O)N[C@@H](CC(C)C)C(=O)N[C@H](C(=O)NCC(N)=O)CSCC(=O)N[C@@H](Cc2ccccc2)C(=O)N(C)[C@@H](Cc2ccccc2)C(=O)N1C. The molecule has 2 heterocycles. The van der Waals surface area contributed by atoms with E-state index in [9.17, 15) is 63.6 Å². The van der Waals surface area contributed by atoms with Crippen LogP contribution in [0.15, 0.2) is 170 Å². The molecule has 0 saturated carbocycles. The van der Waals surface area contributed by atoms with Gasteiger partial charge in [-0.1, -0.05) is 167 Å². The summed E-state index contributed by atoms with van der Waals surface area (Å²) >= 11 is 0.814. The van der Waals surface area contributed by atoms with Crippen molar-refractivity contribution < 1.29 is 102 Å². The molecule has 0 radical (unpaired) electrons. The van der Waals surface area contributed by atoms with Crippen molar-refractivity contribution in [3.63, 3.8) is 0 Å². The first-order chi connectivity index (χ1) is 62.4. The quantitative estimate of drug-likeness (QED) is 0.0386. The van der Waals surface area contributed by atoms with E-state index in [4.69, 9.17) is 5.73 Å². The van der Waals surface area contributed by atoms with Crippen LogP contribution in [-0.2, 0) is 120 Å². The fourth-order valence-electron chi connectivity index (χ4n) is 15.0. The number of H-pyrrole nitrogens is 1. The van der Waals surface area contributed by atoms with Crippen LogP contribution in [0.25, 0.3) is 10.9 Å². The van der Waals surface area contributed by atoms with Crippen LogP contribution in [0.1, 0.15) is 99.1 Å². The van der Waals surface area contributed by atoms with Gasteiger partial charge >= 0.3 is 11.9 Å². The van der Waals surface area contributed by atoms with E-state index in [-0.39, 0.29) is 68.8 Å². The number of aromatic hydroxyl groups is 2. The number of benzene rings is 6. The normalized spacial score (nSPS) is 21.7. The first kappa shape index (κ1) is 102. The van der Waals surface area contributed by atoms with Crippen molar-refractivity contribution in [3.8, 4) is 11.5 Å². The van der Waals surface area contributed by atoms with Crippen molar-refractivity contribution in [2.24, 2.45) is 11.7 Å². The Kier molecular flexibility index (Phi) is 39.0. The molecule has 0 bridgehead atoms. The molecule has 7 aromatic rings. The Bertz CT molecular complexity index is 5170. The average molecular weight is 1830 g/mol. The van der Waals surface area contributed by atoms with Crippen LogP contribution >= 0.6 is 11.8 Å². The summed E-state index contributed by atoms with van der Waals surface area (Å²) in [6.45, 7) is 2.87. The second-order valence-corrected chi connectivity index (χ2v) is 33.9. The highest BCUT2D eigenvalue weighted by Crippen LogP contribution is 2.25. The molecule has 1 aromatic heterocycles. The van der Waals surface area contributed by atoms with Crippen molar-refractivity contribution in [3.05, 3.63) is 203 Å². The van der Waals surface area contributed by atoms with Gasteiger partial charge in [0.05, 0.1) is 31.8 Å². The molecule has 1 aliphatic rings. The number of fused-ring (bicyclic) bond motifs is 1. The van der Waals surface area contributed by atoms with E-state index in [2.05, 4.69) is 52.8 Å². The lowest BCUT2D eigenvalue weighted by Gasteiger charge is -2.37. The van der Waals surface area contributed by atoms with E-state index in [0.29, 0.717) is 57.1 Å². The number of rotatable bonds is 25. The largest absolute Gasteiger partial charge is 0.508 e. The molecule has 1 aliphatic heterocycles. The van der Waals surface area contributed by atoms with E-state index in [0.717, 1.165) is 43.3 Å².